The van der Waals surface area contributed by atoms with Crippen LogP contribution in [0, 0.1) is 18.7 Å². The fourth-order valence-electron chi connectivity index (χ4n) is 3.08. The first-order chi connectivity index (χ1) is 12.9. The zero-order chi connectivity index (χ0) is 19.4. The number of hydrogen-bond acceptors (Lipinski definition) is 2. The van der Waals surface area contributed by atoms with E-state index >= 15 is 0 Å². The first kappa shape index (κ1) is 18.8. The summed E-state index contributed by atoms with van der Waals surface area (Å²) in [6, 6.07) is 11.0. The predicted molar refractivity (Wildman–Crippen MR) is 104 cm³/mol. The fraction of sp³-hybridized carbons (Fsp3) is 0.273. The highest BCUT2D eigenvalue weighted by molar-refractivity contribution is 5.98. The zero-order valence-corrected chi connectivity index (χ0v) is 15.5. The van der Waals surface area contributed by atoms with E-state index in [4.69, 9.17) is 0 Å². The van der Waals surface area contributed by atoms with Crippen LogP contribution in [-0.4, -0.2) is 11.8 Å². The van der Waals surface area contributed by atoms with Crippen molar-refractivity contribution in [2.24, 2.45) is 5.92 Å². The van der Waals surface area contributed by atoms with Crippen molar-refractivity contribution in [3.05, 3.63) is 77.1 Å². The van der Waals surface area contributed by atoms with E-state index in [0.29, 0.717) is 11.3 Å². The number of carbonyl (C=O) groups excluding carboxylic acids is 2. The fourth-order valence-corrected chi connectivity index (χ4v) is 3.08. The van der Waals surface area contributed by atoms with Crippen LogP contribution in [0.15, 0.2) is 54.6 Å². The number of aryl methyl sites for hydroxylation is 1. The second-order valence-corrected chi connectivity index (χ2v) is 6.91. The van der Waals surface area contributed by atoms with Crippen molar-refractivity contribution in [1.29, 1.82) is 0 Å². The van der Waals surface area contributed by atoms with Crippen LogP contribution in [0.3, 0.4) is 0 Å². The Morgan fingerprint density at radius 3 is 2.41 bits per heavy atom. The van der Waals surface area contributed by atoms with E-state index in [1.54, 1.807) is 24.3 Å². The number of nitrogens with one attached hydrogen (secondary N) is 2. The van der Waals surface area contributed by atoms with Crippen LogP contribution in [0.25, 0.3) is 0 Å². The van der Waals surface area contributed by atoms with E-state index in [-0.39, 0.29) is 29.6 Å². The molecule has 0 bridgehead atoms. The minimum absolute atomic E-state index is 0.0275. The van der Waals surface area contributed by atoms with Gasteiger partial charge in [-0.1, -0.05) is 30.4 Å². The molecule has 4 nitrogen and oxygen atoms in total. The first-order valence-electron chi connectivity index (χ1n) is 9.07. The van der Waals surface area contributed by atoms with E-state index in [0.717, 1.165) is 24.0 Å². The molecule has 0 aliphatic heterocycles. The third kappa shape index (κ3) is 4.61. The minimum atomic E-state index is -0.311. The monoisotopic (exact) mass is 366 g/mol. The second-order valence-electron chi connectivity index (χ2n) is 6.91. The Morgan fingerprint density at radius 2 is 1.74 bits per heavy atom. The lowest BCUT2D eigenvalue weighted by Gasteiger charge is -2.16. The molecule has 2 aromatic carbocycles. The van der Waals surface area contributed by atoms with Gasteiger partial charge in [0.15, 0.2) is 0 Å². The maximum absolute atomic E-state index is 13.1. The van der Waals surface area contributed by atoms with Crippen LogP contribution in [-0.2, 0) is 4.79 Å². The van der Waals surface area contributed by atoms with E-state index in [1.165, 1.54) is 12.1 Å². The van der Waals surface area contributed by atoms with Crippen molar-refractivity contribution in [2.75, 3.05) is 5.32 Å². The molecule has 0 spiro atoms. The van der Waals surface area contributed by atoms with Gasteiger partial charge in [0, 0.05) is 17.2 Å². The highest BCUT2D eigenvalue weighted by Gasteiger charge is 2.20. The summed E-state index contributed by atoms with van der Waals surface area (Å²) in [7, 11) is 0. The van der Waals surface area contributed by atoms with Gasteiger partial charge in [-0.25, -0.2) is 4.39 Å². The highest BCUT2D eigenvalue weighted by atomic mass is 19.1. The Bertz CT molecular complexity index is 866. The van der Waals surface area contributed by atoms with Crippen LogP contribution < -0.4 is 10.6 Å². The molecule has 2 amide bonds. The summed E-state index contributed by atoms with van der Waals surface area (Å²) >= 11 is 0. The molecule has 0 radical (unpaired) electrons. The summed E-state index contributed by atoms with van der Waals surface area (Å²) in [5.41, 5.74) is 2.83. The number of hydrogen-bond donors (Lipinski definition) is 2. The standard InChI is InChI=1S/C22H23FN2O2/c1-14-7-8-18(13-20(14)25-21(26)17-5-3-4-6-17)22(27)24-15(2)16-9-11-19(23)12-10-16/h3-4,7-13,15,17H,5-6H2,1-2H3,(H,24,27)(H,25,26)/t15-/m1/s1. The van der Waals surface area contributed by atoms with Crippen molar-refractivity contribution in [3.63, 3.8) is 0 Å². The minimum Gasteiger partial charge on any atom is -0.346 e. The van der Waals surface area contributed by atoms with Crippen LogP contribution in [0.5, 0.6) is 0 Å². The van der Waals surface area contributed by atoms with Gasteiger partial charge >= 0.3 is 0 Å². The van der Waals surface area contributed by atoms with Crippen molar-refractivity contribution in [2.45, 2.75) is 32.7 Å². The molecule has 1 aliphatic carbocycles. The first-order valence-corrected chi connectivity index (χ1v) is 9.07. The molecule has 0 fully saturated rings. The lowest BCUT2D eigenvalue weighted by Crippen LogP contribution is -2.27. The average molecular weight is 366 g/mol. The van der Waals surface area contributed by atoms with E-state index < -0.39 is 0 Å². The molecule has 0 unspecified atom stereocenters. The van der Waals surface area contributed by atoms with Gasteiger partial charge in [-0.3, -0.25) is 9.59 Å². The Kier molecular flexibility index (Phi) is 5.69. The third-order valence-electron chi connectivity index (χ3n) is 4.85. The van der Waals surface area contributed by atoms with Crippen molar-refractivity contribution in [1.82, 2.24) is 5.32 Å². The predicted octanol–water partition coefficient (Wildman–Crippen LogP) is 4.53. The quantitative estimate of drug-likeness (QED) is 0.764. The number of anilines is 1. The zero-order valence-electron chi connectivity index (χ0n) is 15.5. The lowest BCUT2D eigenvalue weighted by molar-refractivity contribution is -0.119. The molecule has 0 saturated carbocycles. The Hall–Kier alpha value is -2.95. The maximum atomic E-state index is 13.1. The van der Waals surface area contributed by atoms with Crippen molar-refractivity contribution in [3.8, 4) is 0 Å². The summed E-state index contributed by atoms with van der Waals surface area (Å²) < 4.78 is 13.1. The molecule has 5 heteroatoms. The van der Waals surface area contributed by atoms with Gasteiger partial charge in [-0.2, -0.15) is 0 Å². The van der Waals surface area contributed by atoms with Crippen molar-refractivity contribution >= 4 is 17.5 Å². The topological polar surface area (TPSA) is 58.2 Å². The molecular formula is C22H23FN2O2. The van der Waals surface area contributed by atoms with Crippen LogP contribution >= 0.6 is 0 Å². The largest absolute Gasteiger partial charge is 0.346 e. The summed E-state index contributed by atoms with van der Waals surface area (Å²) in [6.45, 7) is 3.74. The Balaban J connectivity index is 1.69. The second kappa shape index (κ2) is 8.16. The summed E-state index contributed by atoms with van der Waals surface area (Å²) in [5.74, 6) is -0.626. The van der Waals surface area contributed by atoms with Gasteiger partial charge in [-0.05, 0) is 62.1 Å². The summed E-state index contributed by atoms with van der Waals surface area (Å²) in [5, 5.41) is 5.84. The normalized spacial score (nSPS) is 14.8. The molecule has 0 heterocycles. The van der Waals surface area contributed by atoms with Gasteiger partial charge in [-0.15, -0.1) is 0 Å². The van der Waals surface area contributed by atoms with Gasteiger partial charge in [0.1, 0.15) is 5.82 Å². The highest BCUT2D eigenvalue weighted by Crippen LogP contribution is 2.23. The number of allylic oxidation sites excluding steroid dienone is 2. The molecule has 2 aromatic rings. The molecule has 1 aliphatic rings. The summed E-state index contributed by atoms with van der Waals surface area (Å²) in [6.07, 6.45) is 5.52. The molecular weight excluding hydrogens is 343 g/mol. The smallest absolute Gasteiger partial charge is 0.251 e. The van der Waals surface area contributed by atoms with Crippen LogP contribution in [0.2, 0.25) is 0 Å². The number of halogens is 1. The third-order valence-corrected chi connectivity index (χ3v) is 4.85. The van der Waals surface area contributed by atoms with E-state index in [2.05, 4.69) is 10.6 Å². The Labute approximate surface area is 158 Å². The number of rotatable bonds is 5. The van der Waals surface area contributed by atoms with Crippen LogP contribution in [0.4, 0.5) is 10.1 Å². The summed E-state index contributed by atoms with van der Waals surface area (Å²) in [4.78, 5) is 24.9. The van der Waals surface area contributed by atoms with Gasteiger partial charge in [0.05, 0.1) is 6.04 Å². The molecule has 140 valence electrons. The molecule has 2 N–H and O–H groups in total. The SMILES string of the molecule is Cc1ccc(C(=O)N[C@H](C)c2ccc(F)cc2)cc1NC(=O)C1CC=CC1. The van der Waals surface area contributed by atoms with Gasteiger partial charge in [0.25, 0.3) is 5.91 Å². The Morgan fingerprint density at radius 1 is 1.07 bits per heavy atom. The van der Waals surface area contributed by atoms with Crippen LogP contribution in [0.1, 0.15) is 47.3 Å². The lowest BCUT2D eigenvalue weighted by atomic mass is 10.0. The average Bonchev–Trinajstić information content (AvgIpc) is 3.18. The van der Waals surface area contributed by atoms with Crippen molar-refractivity contribution < 1.29 is 14.0 Å². The number of benzene rings is 2. The van der Waals surface area contributed by atoms with E-state index in [1.807, 2.05) is 32.1 Å². The molecule has 3 rings (SSSR count). The van der Waals surface area contributed by atoms with Gasteiger partial charge in [0.2, 0.25) is 5.91 Å². The molecule has 27 heavy (non-hydrogen) atoms. The van der Waals surface area contributed by atoms with Gasteiger partial charge < -0.3 is 10.6 Å². The maximum Gasteiger partial charge on any atom is 0.251 e. The molecule has 0 saturated heterocycles. The molecule has 1 atom stereocenters. The number of carbonyl (C=O) groups is 2. The van der Waals surface area contributed by atoms with E-state index in [9.17, 15) is 14.0 Å². The number of amides is 2. The molecule has 0 aromatic heterocycles.